The van der Waals surface area contributed by atoms with E-state index in [9.17, 15) is 0 Å². The Morgan fingerprint density at radius 3 is 2.80 bits per heavy atom. The number of benzene rings is 1. The Labute approximate surface area is 96.8 Å². The zero-order chi connectivity index (χ0) is 10.7. The van der Waals surface area contributed by atoms with Gasteiger partial charge in [0.05, 0.1) is 0 Å². The van der Waals surface area contributed by atoms with E-state index >= 15 is 0 Å². The molecule has 0 spiro atoms. The van der Waals surface area contributed by atoms with Gasteiger partial charge in [-0.15, -0.1) is 0 Å². The van der Waals surface area contributed by atoms with Crippen LogP contribution in [0.2, 0.25) is 5.02 Å². The lowest BCUT2D eigenvalue weighted by Gasteiger charge is -2.28. The lowest BCUT2D eigenvalue weighted by Crippen LogP contribution is -2.41. The van der Waals surface area contributed by atoms with E-state index in [4.69, 9.17) is 11.6 Å². The number of halogens is 1. The van der Waals surface area contributed by atoms with Crippen LogP contribution in [0.4, 0.5) is 0 Å². The topological polar surface area (TPSA) is 12.0 Å². The van der Waals surface area contributed by atoms with Crippen molar-refractivity contribution in [2.24, 2.45) is 0 Å². The van der Waals surface area contributed by atoms with Crippen molar-refractivity contribution in [3.63, 3.8) is 0 Å². The normalized spacial score (nSPS) is 25.7. The highest BCUT2D eigenvalue weighted by Gasteiger charge is 2.31. The minimum atomic E-state index is 0.297. The second-order valence-electron chi connectivity index (χ2n) is 4.43. The maximum atomic E-state index is 6.19. The second-order valence-corrected chi connectivity index (χ2v) is 4.84. The highest BCUT2D eigenvalue weighted by molar-refractivity contribution is 6.31. The molecule has 0 bridgehead atoms. The van der Waals surface area contributed by atoms with Gasteiger partial charge in [-0.3, -0.25) is 0 Å². The predicted octanol–water partition coefficient (Wildman–Crippen LogP) is 3.41. The standard InChI is InChI=1S/C13H18ClN/c1-2-13(8-5-9-15-13)10-11-6-3-4-7-12(11)14/h3-4,6-7,15H,2,5,8-10H2,1H3. The third-order valence-electron chi connectivity index (χ3n) is 3.50. The fourth-order valence-electron chi connectivity index (χ4n) is 2.45. The second kappa shape index (κ2) is 4.54. The first-order valence-electron chi connectivity index (χ1n) is 5.74. The summed E-state index contributed by atoms with van der Waals surface area (Å²) in [5.41, 5.74) is 1.57. The maximum absolute atomic E-state index is 6.19. The first-order chi connectivity index (χ1) is 7.26. The Hall–Kier alpha value is -0.530. The van der Waals surface area contributed by atoms with Crippen LogP contribution >= 0.6 is 11.6 Å². The van der Waals surface area contributed by atoms with Gasteiger partial charge in [0.15, 0.2) is 0 Å². The lowest BCUT2D eigenvalue weighted by molar-refractivity contribution is 0.360. The van der Waals surface area contributed by atoms with Crippen LogP contribution in [-0.4, -0.2) is 12.1 Å². The summed E-state index contributed by atoms with van der Waals surface area (Å²) in [5.74, 6) is 0. The summed E-state index contributed by atoms with van der Waals surface area (Å²) in [6, 6.07) is 8.18. The van der Waals surface area contributed by atoms with Crippen LogP contribution < -0.4 is 5.32 Å². The average Bonchev–Trinajstić information content (AvgIpc) is 2.71. The smallest absolute Gasteiger partial charge is 0.0438 e. The van der Waals surface area contributed by atoms with Crippen LogP contribution in [0.5, 0.6) is 0 Å². The van der Waals surface area contributed by atoms with E-state index in [0.29, 0.717) is 5.54 Å². The number of hydrogen-bond acceptors (Lipinski definition) is 1. The Bertz CT molecular complexity index is 329. The van der Waals surface area contributed by atoms with Gasteiger partial charge in [0.25, 0.3) is 0 Å². The van der Waals surface area contributed by atoms with Crippen LogP contribution in [0.25, 0.3) is 0 Å². The molecule has 1 aliphatic rings. The molecule has 1 unspecified atom stereocenters. The molecule has 1 nitrogen and oxygen atoms in total. The van der Waals surface area contributed by atoms with E-state index in [1.807, 2.05) is 12.1 Å². The van der Waals surface area contributed by atoms with Crippen LogP contribution in [0.3, 0.4) is 0 Å². The van der Waals surface area contributed by atoms with E-state index in [1.54, 1.807) is 0 Å². The largest absolute Gasteiger partial charge is 0.311 e. The fraction of sp³-hybridized carbons (Fsp3) is 0.538. The molecule has 15 heavy (non-hydrogen) atoms. The van der Waals surface area contributed by atoms with Gasteiger partial charge in [-0.25, -0.2) is 0 Å². The molecule has 82 valence electrons. The summed E-state index contributed by atoms with van der Waals surface area (Å²) in [6.45, 7) is 3.41. The van der Waals surface area contributed by atoms with Crippen molar-refractivity contribution in [3.05, 3.63) is 34.9 Å². The molecule has 0 aliphatic carbocycles. The molecular formula is C13H18ClN. The van der Waals surface area contributed by atoms with Crippen LogP contribution in [0.1, 0.15) is 31.7 Å². The van der Waals surface area contributed by atoms with Crippen LogP contribution in [0.15, 0.2) is 24.3 Å². The minimum absolute atomic E-state index is 0.297. The molecule has 2 heteroatoms. The molecule has 0 radical (unpaired) electrons. The molecule has 0 amide bonds. The zero-order valence-electron chi connectivity index (χ0n) is 9.22. The number of nitrogens with one attached hydrogen (secondary N) is 1. The SMILES string of the molecule is CCC1(Cc2ccccc2Cl)CCCN1. The maximum Gasteiger partial charge on any atom is 0.0438 e. The van der Waals surface area contributed by atoms with Crippen molar-refractivity contribution in [1.82, 2.24) is 5.32 Å². The van der Waals surface area contributed by atoms with Gasteiger partial charge in [0, 0.05) is 10.6 Å². The molecule has 1 aromatic carbocycles. The molecule has 1 aromatic rings. The van der Waals surface area contributed by atoms with Gasteiger partial charge in [-0.05, 0) is 43.9 Å². The van der Waals surface area contributed by atoms with E-state index in [-0.39, 0.29) is 0 Å². The van der Waals surface area contributed by atoms with Crippen molar-refractivity contribution in [3.8, 4) is 0 Å². The highest BCUT2D eigenvalue weighted by Crippen LogP contribution is 2.29. The van der Waals surface area contributed by atoms with Crippen molar-refractivity contribution in [1.29, 1.82) is 0 Å². The first kappa shape index (κ1) is 11.0. The van der Waals surface area contributed by atoms with E-state index in [2.05, 4.69) is 24.4 Å². The van der Waals surface area contributed by atoms with Crippen molar-refractivity contribution in [2.45, 2.75) is 38.1 Å². The van der Waals surface area contributed by atoms with Gasteiger partial charge in [0.1, 0.15) is 0 Å². The third-order valence-corrected chi connectivity index (χ3v) is 3.86. The molecule has 2 rings (SSSR count). The molecule has 1 heterocycles. The van der Waals surface area contributed by atoms with E-state index in [0.717, 1.165) is 18.0 Å². The van der Waals surface area contributed by atoms with Gasteiger partial charge < -0.3 is 5.32 Å². The third kappa shape index (κ3) is 2.35. The highest BCUT2D eigenvalue weighted by atomic mass is 35.5. The summed E-state index contributed by atoms with van der Waals surface area (Å²) in [6.07, 6.45) is 4.80. The molecular weight excluding hydrogens is 206 g/mol. The monoisotopic (exact) mass is 223 g/mol. The summed E-state index contributed by atoms with van der Waals surface area (Å²) in [5, 5.41) is 4.54. The zero-order valence-corrected chi connectivity index (χ0v) is 9.98. The summed E-state index contributed by atoms with van der Waals surface area (Å²) in [7, 11) is 0. The summed E-state index contributed by atoms with van der Waals surface area (Å²) < 4.78 is 0. The quantitative estimate of drug-likeness (QED) is 0.828. The van der Waals surface area contributed by atoms with Crippen LogP contribution in [-0.2, 0) is 6.42 Å². The van der Waals surface area contributed by atoms with E-state index < -0.39 is 0 Å². The minimum Gasteiger partial charge on any atom is -0.311 e. The molecule has 1 aliphatic heterocycles. The van der Waals surface area contributed by atoms with Crippen molar-refractivity contribution < 1.29 is 0 Å². The molecule has 1 saturated heterocycles. The molecule has 0 saturated carbocycles. The molecule has 1 atom stereocenters. The van der Waals surface area contributed by atoms with Gasteiger partial charge in [0.2, 0.25) is 0 Å². The molecule has 1 N–H and O–H groups in total. The lowest BCUT2D eigenvalue weighted by atomic mass is 9.87. The van der Waals surface area contributed by atoms with Gasteiger partial charge >= 0.3 is 0 Å². The molecule has 0 aromatic heterocycles. The predicted molar refractivity (Wildman–Crippen MR) is 65.4 cm³/mol. The Morgan fingerprint density at radius 1 is 1.40 bits per heavy atom. The van der Waals surface area contributed by atoms with Crippen molar-refractivity contribution >= 4 is 11.6 Å². The Morgan fingerprint density at radius 2 is 2.20 bits per heavy atom. The molecule has 1 fully saturated rings. The van der Waals surface area contributed by atoms with Gasteiger partial charge in [-0.1, -0.05) is 36.7 Å². The number of hydrogen-bond donors (Lipinski definition) is 1. The first-order valence-corrected chi connectivity index (χ1v) is 6.12. The van der Waals surface area contributed by atoms with E-state index in [1.165, 1.54) is 24.8 Å². The summed E-state index contributed by atoms with van der Waals surface area (Å²) >= 11 is 6.19. The fourth-order valence-corrected chi connectivity index (χ4v) is 2.66. The number of rotatable bonds is 3. The Kier molecular flexibility index (Phi) is 3.32. The average molecular weight is 224 g/mol. The van der Waals surface area contributed by atoms with Gasteiger partial charge in [-0.2, -0.15) is 0 Å². The Balaban J connectivity index is 2.16. The summed E-state index contributed by atoms with van der Waals surface area (Å²) in [4.78, 5) is 0. The van der Waals surface area contributed by atoms with Crippen LogP contribution in [0, 0.1) is 0 Å². The van der Waals surface area contributed by atoms with Crippen molar-refractivity contribution in [2.75, 3.05) is 6.54 Å².